The minimum Gasteiger partial charge on any atom is -0.468 e. The number of carbonyl (C=O) groups is 1. The maximum atomic E-state index is 13.2. The smallest absolute Gasteiger partial charge is 0.326 e. The molecule has 0 spiro atoms. The van der Waals surface area contributed by atoms with Crippen LogP contribution in [0.15, 0.2) is 76.1 Å². The summed E-state index contributed by atoms with van der Waals surface area (Å²) in [6.07, 6.45) is 0. The lowest BCUT2D eigenvalue weighted by atomic mass is 10.1. The molecule has 3 rings (SSSR count). The molecular formula is C19H16BrNO4S. The van der Waals surface area contributed by atoms with Crippen LogP contribution >= 0.6 is 15.9 Å². The van der Waals surface area contributed by atoms with E-state index in [2.05, 4.69) is 20.7 Å². The molecule has 0 unspecified atom stereocenters. The van der Waals surface area contributed by atoms with Gasteiger partial charge >= 0.3 is 5.97 Å². The molecule has 0 saturated carbocycles. The zero-order chi connectivity index (χ0) is 18.7. The Morgan fingerprint density at radius 3 is 2.31 bits per heavy atom. The molecule has 0 aliphatic rings. The molecule has 3 aromatic carbocycles. The van der Waals surface area contributed by atoms with Gasteiger partial charge in [-0.2, -0.15) is 0 Å². The predicted octanol–water partition coefficient (Wildman–Crippen LogP) is 3.97. The van der Waals surface area contributed by atoms with E-state index in [1.54, 1.807) is 42.5 Å². The fraction of sp³-hybridized carbons (Fsp3) is 0.105. The zero-order valence-electron chi connectivity index (χ0n) is 13.9. The molecule has 26 heavy (non-hydrogen) atoms. The van der Waals surface area contributed by atoms with Gasteiger partial charge in [-0.3, -0.25) is 9.10 Å². The van der Waals surface area contributed by atoms with E-state index in [0.29, 0.717) is 5.69 Å². The molecule has 0 aromatic heterocycles. The molecule has 0 N–H and O–H groups in total. The van der Waals surface area contributed by atoms with Crippen LogP contribution < -0.4 is 4.31 Å². The van der Waals surface area contributed by atoms with Gasteiger partial charge in [-0.05, 0) is 47.2 Å². The lowest BCUT2D eigenvalue weighted by Gasteiger charge is -2.23. The van der Waals surface area contributed by atoms with Gasteiger partial charge in [0.05, 0.1) is 17.7 Å². The van der Waals surface area contributed by atoms with Crippen molar-refractivity contribution >= 4 is 48.4 Å². The van der Waals surface area contributed by atoms with Crippen LogP contribution in [0.3, 0.4) is 0 Å². The van der Waals surface area contributed by atoms with Crippen LogP contribution in [-0.2, 0) is 19.6 Å². The number of fused-ring (bicyclic) bond motifs is 1. The Balaban J connectivity index is 2.10. The molecule has 0 amide bonds. The summed E-state index contributed by atoms with van der Waals surface area (Å²) in [5.74, 6) is -0.641. The number of ether oxygens (including phenoxy) is 1. The van der Waals surface area contributed by atoms with E-state index < -0.39 is 22.5 Å². The normalized spacial score (nSPS) is 11.3. The number of hydrogen-bond acceptors (Lipinski definition) is 4. The maximum absolute atomic E-state index is 13.2. The highest BCUT2D eigenvalue weighted by atomic mass is 79.9. The van der Waals surface area contributed by atoms with Gasteiger partial charge in [-0.25, -0.2) is 8.42 Å². The number of methoxy groups -OCH3 is 1. The van der Waals surface area contributed by atoms with Gasteiger partial charge < -0.3 is 4.74 Å². The maximum Gasteiger partial charge on any atom is 0.326 e. The standard InChI is InChI=1S/C19H16BrNO4S/c1-25-19(22)13-21(17-9-7-16(20)8-10-17)26(23,24)18-11-6-14-4-2-3-5-15(14)12-18/h2-12H,13H2,1H3. The van der Waals surface area contributed by atoms with E-state index in [1.807, 2.05) is 24.3 Å². The van der Waals surface area contributed by atoms with E-state index in [0.717, 1.165) is 19.6 Å². The van der Waals surface area contributed by atoms with Crippen molar-refractivity contribution in [1.29, 1.82) is 0 Å². The Hall–Kier alpha value is -2.38. The molecule has 0 fully saturated rings. The van der Waals surface area contributed by atoms with Crippen LogP contribution in [-0.4, -0.2) is 28.0 Å². The van der Waals surface area contributed by atoms with E-state index in [4.69, 9.17) is 0 Å². The number of hydrogen-bond donors (Lipinski definition) is 0. The van der Waals surface area contributed by atoms with Gasteiger partial charge in [0, 0.05) is 4.47 Å². The van der Waals surface area contributed by atoms with Crippen molar-refractivity contribution in [1.82, 2.24) is 0 Å². The fourth-order valence-corrected chi connectivity index (χ4v) is 4.27. The van der Waals surface area contributed by atoms with Crippen molar-refractivity contribution < 1.29 is 17.9 Å². The minimum atomic E-state index is -3.95. The average Bonchev–Trinajstić information content (AvgIpc) is 2.66. The molecule has 0 aliphatic carbocycles. The van der Waals surface area contributed by atoms with Crippen molar-refractivity contribution in [3.8, 4) is 0 Å². The van der Waals surface area contributed by atoms with Crippen molar-refractivity contribution in [2.45, 2.75) is 4.90 Å². The molecule has 0 aliphatic heterocycles. The topological polar surface area (TPSA) is 63.7 Å². The molecule has 0 heterocycles. The van der Waals surface area contributed by atoms with Crippen LogP contribution in [0.5, 0.6) is 0 Å². The molecular weight excluding hydrogens is 418 g/mol. The molecule has 0 bridgehead atoms. The Labute approximate surface area is 160 Å². The Bertz CT molecular complexity index is 1050. The molecule has 5 nitrogen and oxygen atoms in total. The van der Waals surface area contributed by atoms with E-state index in [1.165, 1.54) is 7.11 Å². The van der Waals surface area contributed by atoms with Gasteiger partial charge in [0.25, 0.3) is 10.0 Å². The molecule has 7 heteroatoms. The highest BCUT2D eigenvalue weighted by Gasteiger charge is 2.27. The predicted molar refractivity (Wildman–Crippen MR) is 105 cm³/mol. The molecule has 134 valence electrons. The molecule has 0 saturated heterocycles. The Morgan fingerprint density at radius 1 is 1.00 bits per heavy atom. The third-order valence-corrected chi connectivity index (χ3v) is 6.22. The summed E-state index contributed by atoms with van der Waals surface area (Å²) < 4.78 is 33.0. The number of halogens is 1. The number of anilines is 1. The first kappa shape index (κ1) is 18.4. The lowest BCUT2D eigenvalue weighted by molar-refractivity contribution is -0.138. The molecule has 3 aromatic rings. The Morgan fingerprint density at radius 2 is 1.65 bits per heavy atom. The second kappa shape index (κ2) is 7.47. The first-order valence-corrected chi connectivity index (χ1v) is 9.99. The zero-order valence-corrected chi connectivity index (χ0v) is 16.3. The number of nitrogens with zero attached hydrogens (tertiary/aromatic N) is 1. The second-order valence-electron chi connectivity index (χ2n) is 5.57. The Kier molecular flexibility index (Phi) is 5.29. The molecule has 0 radical (unpaired) electrons. The number of sulfonamides is 1. The SMILES string of the molecule is COC(=O)CN(c1ccc(Br)cc1)S(=O)(=O)c1ccc2ccccc2c1. The lowest BCUT2D eigenvalue weighted by Crippen LogP contribution is -2.36. The number of benzene rings is 3. The number of carbonyl (C=O) groups excluding carboxylic acids is 1. The van der Waals surface area contributed by atoms with Gasteiger partial charge in [0.1, 0.15) is 6.54 Å². The summed E-state index contributed by atoms with van der Waals surface area (Å²) in [6, 6.07) is 19.1. The van der Waals surface area contributed by atoms with Gasteiger partial charge in [0.15, 0.2) is 0 Å². The summed E-state index contributed by atoms with van der Waals surface area (Å²) in [5.41, 5.74) is 0.381. The number of rotatable bonds is 5. The van der Waals surface area contributed by atoms with Crippen LogP contribution in [0.2, 0.25) is 0 Å². The van der Waals surface area contributed by atoms with Gasteiger partial charge in [-0.15, -0.1) is 0 Å². The van der Waals surface area contributed by atoms with Crippen LogP contribution in [0.4, 0.5) is 5.69 Å². The summed E-state index contributed by atoms with van der Waals surface area (Å²) in [6.45, 7) is -0.409. The van der Waals surface area contributed by atoms with Gasteiger partial charge in [0.2, 0.25) is 0 Å². The van der Waals surface area contributed by atoms with Crippen LogP contribution in [0.25, 0.3) is 10.8 Å². The monoisotopic (exact) mass is 433 g/mol. The van der Waals surface area contributed by atoms with E-state index >= 15 is 0 Å². The third kappa shape index (κ3) is 3.73. The van der Waals surface area contributed by atoms with E-state index in [-0.39, 0.29) is 4.90 Å². The second-order valence-corrected chi connectivity index (χ2v) is 8.35. The van der Waals surface area contributed by atoms with Crippen molar-refractivity contribution in [2.24, 2.45) is 0 Å². The minimum absolute atomic E-state index is 0.114. The average molecular weight is 434 g/mol. The summed E-state index contributed by atoms with van der Waals surface area (Å²) in [5, 5.41) is 1.75. The first-order chi connectivity index (χ1) is 12.4. The quantitative estimate of drug-likeness (QED) is 0.571. The fourth-order valence-electron chi connectivity index (χ4n) is 2.56. The highest BCUT2D eigenvalue weighted by Crippen LogP contribution is 2.27. The largest absolute Gasteiger partial charge is 0.468 e. The van der Waals surface area contributed by atoms with Crippen LogP contribution in [0.1, 0.15) is 0 Å². The number of esters is 1. The highest BCUT2D eigenvalue weighted by molar-refractivity contribution is 9.10. The summed E-state index contributed by atoms with van der Waals surface area (Å²) in [4.78, 5) is 11.9. The van der Waals surface area contributed by atoms with Crippen molar-refractivity contribution in [3.05, 3.63) is 71.2 Å². The van der Waals surface area contributed by atoms with Gasteiger partial charge in [-0.1, -0.05) is 46.3 Å². The first-order valence-electron chi connectivity index (χ1n) is 7.76. The summed E-state index contributed by atoms with van der Waals surface area (Å²) >= 11 is 3.32. The van der Waals surface area contributed by atoms with Crippen LogP contribution in [0, 0.1) is 0 Å². The molecule has 0 atom stereocenters. The van der Waals surface area contributed by atoms with Crippen molar-refractivity contribution in [2.75, 3.05) is 18.0 Å². The summed E-state index contributed by atoms with van der Waals surface area (Å²) in [7, 11) is -2.72. The van der Waals surface area contributed by atoms with E-state index in [9.17, 15) is 13.2 Å². The third-order valence-electron chi connectivity index (χ3n) is 3.92. The van der Waals surface area contributed by atoms with Crippen molar-refractivity contribution in [3.63, 3.8) is 0 Å².